The van der Waals surface area contributed by atoms with Crippen LogP contribution in [0.5, 0.6) is 5.75 Å². The maximum Gasteiger partial charge on any atom is 0.358 e. The standard InChI is InChI=1S/C14H14N2O5/c1-9(10-5-3-7-20-10)16-12(17)8-21-11-4-2-6-15-13(11)14(18)19/h2-7,9H,8H2,1H3,(H,16,17)(H,18,19). The quantitative estimate of drug-likeness (QED) is 0.838. The molecular formula is C14H14N2O5. The summed E-state index contributed by atoms with van der Waals surface area (Å²) in [4.78, 5) is 26.4. The lowest BCUT2D eigenvalue weighted by atomic mass is 10.2. The molecule has 1 unspecified atom stereocenters. The fraction of sp³-hybridized carbons (Fsp3) is 0.214. The molecule has 0 aliphatic carbocycles. The second-order valence-electron chi connectivity index (χ2n) is 4.25. The van der Waals surface area contributed by atoms with Gasteiger partial charge in [-0.1, -0.05) is 0 Å². The van der Waals surface area contributed by atoms with Crippen molar-refractivity contribution in [2.24, 2.45) is 0 Å². The SMILES string of the molecule is CC(NC(=O)COc1cccnc1C(=O)O)c1ccco1. The van der Waals surface area contributed by atoms with Crippen molar-refractivity contribution >= 4 is 11.9 Å². The van der Waals surface area contributed by atoms with Gasteiger partial charge in [0.1, 0.15) is 5.76 Å². The molecule has 2 rings (SSSR count). The lowest BCUT2D eigenvalue weighted by Gasteiger charge is -2.12. The third kappa shape index (κ3) is 3.82. The molecular weight excluding hydrogens is 276 g/mol. The molecule has 2 aromatic rings. The van der Waals surface area contributed by atoms with E-state index in [2.05, 4.69) is 10.3 Å². The molecule has 110 valence electrons. The van der Waals surface area contributed by atoms with E-state index >= 15 is 0 Å². The zero-order valence-electron chi connectivity index (χ0n) is 11.3. The van der Waals surface area contributed by atoms with Gasteiger partial charge in [0.2, 0.25) is 0 Å². The maximum absolute atomic E-state index is 11.8. The molecule has 0 bridgehead atoms. The lowest BCUT2D eigenvalue weighted by Crippen LogP contribution is -2.31. The number of hydrogen-bond acceptors (Lipinski definition) is 5. The molecule has 0 aliphatic heterocycles. The summed E-state index contributed by atoms with van der Waals surface area (Å²) in [5, 5.41) is 11.6. The normalized spacial score (nSPS) is 11.7. The van der Waals surface area contributed by atoms with E-state index in [0.717, 1.165) is 0 Å². The summed E-state index contributed by atoms with van der Waals surface area (Å²) in [6.45, 7) is 1.46. The molecule has 0 saturated heterocycles. The summed E-state index contributed by atoms with van der Waals surface area (Å²) >= 11 is 0. The van der Waals surface area contributed by atoms with E-state index in [1.807, 2.05) is 0 Å². The van der Waals surface area contributed by atoms with Crippen molar-refractivity contribution in [3.63, 3.8) is 0 Å². The van der Waals surface area contributed by atoms with Crippen LogP contribution in [0.15, 0.2) is 41.1 Å². The summed E-state index contributed by atoms with van der Waals surface area (Å²) < 4.78 is 10.4. The smallest absolute Gasteiger partial charge is 0.358 e. The van der Waals surface area contributed by atoms with Crippen molar-refractivity contribution in [2.45, 2.75) is 13.0 Å². The van der Waals surface area contributed by atoms with Gasteiger partial charge >= 0.3 is 5.97 Å². The number of ether oxygens (including phenoxy) is 1. The van der Waals surface area contributed by atoms with Crippen molar-refractivity contribution < 1.29 is 23.8 Å². The van der Waals surface area contributed by atoms with Crippen LogP contribution in [-0.4, -0.2) is 28.6 Å². The Morgan fingerprint density at radius 2 is 2.24 bits per heavy atom. The van der Waals surface area contributed by atoms with Gasteiger partial charge in [0.25, 0.3) is 5.91 Å². The lowest BCUT2D eigenvalue weighted by molar-refractivity contribution is -0.123. The monoisotopic (exact) mass is 290 g/mol. The van der Waals surface area contributed by atoms with Crippen LogP contribution in [0.4, 0.5) is 0 Å². The molecule has 0 aliphatic rings. The molecule has 0 aromatic carbocycles. The maximum atomic E-state index is 11.8. The molecule has 2 aromatic heterocycles. The highest BCUT2D eigenvalue weighted by Crippen LogP contribution is 2.15. The highest BCUT2D eigenvalue weighted by molar-refractivity contribution is 5.88. The first-order valence-electron chi connectivity index (χ1n) is 6.22. The first-order valence-corrected chi connectivity index (χ1v) is 6.22. The Morgan fingerprint density at radius 1 is 1.43 bits per heavy atom. The van der Waals surface area contributed by atoms with Gasteiger partial charge in [0, 0.05) is 6.20 Å². The summed E-state index contributed by atoms with van der Waals surface area (Å²) in [5.74, 6) is -0.934. The number of nitrogens with one attached hydrogen (secondary N) is 1. The molecule has 2 N–H and O–H groups in total. The van der Waals surface area contributed by atoms with Crippen molar-refractivity contribution in [3.8, 4) is 5.75 Å². The van der Waals surface area contributed by atoms with Crippen LogP contribution in [-0.2, 0) is 4.79 Å². The van der Waals surface area contributed by atoms with Gasteiger partial charge < -0.3 is 19.6 Å². The zero-order valence-corrected chi connectivity index (χ0v) is 11.3. The van der Waals surface area contributed by atoms with Gasteiger partial charge in [-0.2, -0.15) is 0 Å². The third-order valence-corrected chi connectivity index (χ3v) is 2.68. The van der Waals surface area contributed by atoms with Gasteiger partial charge in [-0.05, 0) is 31.2 Å². The molecule has 1 atom stereocenters. The van der Waals surface area contributed by atoms with Crippen LogP contribution in [0, 0.1) is 0 Å². The van der Waals surface area contributed by atoms with Gasteiger partial charge in [-0.3, -0.25) is 4.79 Å². The summed E-state index contributed by atoms with van der Waals surface area (Å²) in [6, 6.07) is 6.15. The molecule has 7 nitrogen and oxygen atoms in total. The number of hydrogen-bond donors (Lipinski definition) is 2. The molecule has 1 amide bonds. The van der Waals surface area contributed by atoms with E-state index in [1.165, 1.54) is 24.6 Å². The number of carboxylic acid groups (broad SMARTS) is 1. The molecule has 0 fully saturated rings. The van der Waals surface area contributed by atoms with Gasteiger partial charge in [0.05, 0.1) is 12.3 Å². The van der Waals surface area contributed by atoms with E-state index in [9.17, 15) is 9.59 Å². The molecule has 0 saturated carbocycles. The Balaban J connectivity index is 1.91. The average molecular weight is 290 g/mol. The number of carbonyl (C=O) groups is 2. The number of carboxylic acids is 1. The second kappa shape index (κ2) is 6.56. The van der Waals surface area contributed by atoms with Crippen molar-refractivity contribution in [2.75, 3.05) is 6.61 Å². The van der Waals surface area contributed by atoms with Gasteiger partial charge in [-0.15, -0.1) is 0 Å². The number of carbonyl (C=O) groups excluding carboxylic acids is 1. The van der Waals surface area contributed by atoms with Crippen LogP contribution in [0.3, 0.4) is 0 Å². The van der Waals surface area contributed by atoms with E-state index in [0.29, 0.717) is 5.76 Å². The summed E-state index contributed by atoms with van der Waals surface area (Å²) in [6.07, 6.45) is 2.86. The van der Waals surface area contributed by atoms with E-state index in [1.54, 1.807) is 19.1 Å². The topological polar surface area (TPSA) is 102 Å². The minimum Gasteiger partial charge on any atom is -0.481 e. The van der Waals surface area contributed by atoms with Crippen LogP contribution >= 0.6 is 0 Å². The van der Waals surface area contributed by atoms with E-state index < -0.39 is 5.97 Å². The van der Waals surface area contributed by atoms with Crippen LogP contribution in [0.25, 0.3) is 0 Å². The number of rotatable bonds is 6. The highest BCUT2D eigenvalue weighted by Gasteiger charge is 2.15. The van der Waals surface area contributed by atoms with Gasteiger partial charge in [0.15, 0.2) is 18.1 Å². The number of aromatic carboxylic acids is 1. The minimum atomic E-state index is -1.21. The Kier molecular flexibility index (Phi) is 4.55. The molecule has 0 radical (unpaired) electrons. The third-order valence-electron chi connectivity index (χ3n) is 2.68. The van der Waals surface area contributed by atoms with Gasteiger partial charge in [-0.25, -0.2) is 9.78 Å². The highest BCUT2D eigenvalue weighted by atomic mass is 16.5. The molecule has 21 heavy (non-hydrogen) atoms. The molecule has 7 heteroatoms. The molecule has 0 spiro atoms. The fourth-order valence-electron chi connectivity index (χ4n) is 1.70. The number of aromatic nitrogens is 1. The van der Waals surface area contributed by atoms with Crippen LogP contribution in [0.1, 0.15) is 29.2 Å². The van der Waals surface area contributed by atoms with Crippen LogP contribution < -0.4 is 10.1 Å². The Bertz CT molecular complexity index is 624. The first-order chi connectivity index (χ1) is 10.1. The first kappa shape index (κ1) is 14.6. The van der Waals surface area contributed by atoms with Crippen molar-refractivity contribution in [3.05, 3.63) is 48.2 Å². The van der Waals surface area contributed by atoms with Crippen molar-refractivity contribution in [1.29, 1.82) is 0 Å². The fourth-order valence-corrected chi connectivity index (χ4v) is 1.70. The van der Waals surface area contributed by atoms with E-state index in [4.69, 9.17) is 14.3 Å². The summed E-state index contributed by atoms with van der Waals surface area (Å²) in [7, 11) is 0. The number of nitrogens with zero attached hydrogens (tertiary/aromatic N) is 1. The van der Waals surface area contributed by atoms with Crippen LogP contribution in [0.2, 0.25) is 0 Å². The summed E-state index contributed by atoms with van der Waals surface area (Å²) in [5.41, 5.74) is -0.232. The minimum absolute atomic E-state index is 0.0470. The zero-order chi connectivity index (χ0) is 15.2. The predicted octanol–water partition coefficient (Wildman–Crippen LogP) is 1.63. The number of pyridine rings is 1. The molecule has 2 heterocycles. The Hall–Kier alpha value is -2.83. The van der Waals surface area contributed by atoms with E-state index in [-0.39, 0.29) is 30.0 Å². The Morgan fingerprint density at radius 3 is 2.90 bits per heavy atom. The number of furan rings is 1. The largest absolute Gasteiger partial charge is 0.481 e. The Labute approximate surface area is 120 Å². The second-order valence-corrected chi connectivity index (χ2v) is 4.25. The number of amides is 1. The average Bonchev–Trinajstić information content (AvgIpc) is 2.99. The predicted molar refractivity (Wildman–Crippen MR) is 72.0 cm³/mol. The van der Waals surface area contributed by atoms with Crippen molar-refractivity contribution in [1.82, 2.24) is 10.3 Å².